The zero-order chi connectivity index (χ0) is 21.0. The molecule has 162 valence electrons. The number of carbonyl (C=O) groups excluding carboxylic acids is 1. The number of rotatable bonds is 5. The average molecular weight is 418 g/mol. The predicted octanol–water partition coefficient (Wildman–Crippen LogP) is 4.90. The Morgan fingerprint density at radius 2 is 1.79 bits per heavy atom. The fourth-order valence-electron chi connectivity index (χ4n) is 4.01. The summed E-state index contributed by atoms with van der Waals surface area (Å²) in [6, 6.07) is 5.28. The molecule has 0 unspecified atom stereocenters. The lowest BCUT2D eigenvalue weighted by atomic mass is 9.86. The van der Waals surface area contributed by atoms with Crippen LogP contribution in [0.1, 0.15) is 56.1 Å². The van der Waals surface area contributed by atoms with Crippen LogP contribution >= 0.6 is 0 Å². The Kier molecular flexibility index (Phi) is 7.16. The van der Waals surface area contributed by atoms with Crippen molar-refractivity contribution in [1.29, 1.82) is 0 Å². The molecule has 1 aliphatic carbocycles. The smallest absolute Gasteiger partial charge is 0.456 e. The summed E-state index contributed by atoms with van der Waals surface area (Å²) < 4.78 is 67.4. The van der Waals surface area contributed by atoms with Crippen LogP contribution in [-0.4, -0.2) is 37.8 Å². The van der Waals surface area contributed by atoms with Gasteiger partial charge in [0.25, 0.3) is 0 Å². The van der Waals surface area contributed by atoms with E-state index in [-0.39, 0.29) is 17.7 Å². The van der Waals surface area contributed by atoms with E-state index in [1.807, 2.05) is 13.0 Å². The van der Waals surface area contributed by atoms with Crippen molar-refractivity contribution < 1.29 is 36.6 Å². The Morgan fingerprint density at radius 3 is 2.34 bits per heavy atom. The highest BCUT2D eigenvalue weighted by Gasteiger charge is 2.43. The number of alkyl halides is 3. The molecule has 1 aromatic carbocycles. The fourth-order valence-corrected chi connectivity index (χ4v) is 4.01. The Balaban J connectivity index is 1.46. The summed E-state index contributed by atoms with van der Waals surface area (Å²) in [5.74, 6) is -2.56. The number of ether oxygens (including phenoxy) is 3. The monoisotopic (exact) mass is 418 g/mol. The van der Waals surface area contributed by atoms with Gasteiger partial charge < -0.3 is 14.2 Å². The van der Waals surface area contributed by atoms with Crippen molar-refractivity contribution in [2.24, 2.45) is 5.92 Å². The van der Waals surface area contributed by atoms with Gasteiger partial charge in [0.1, 0.15) is 11.9 Å². The maximum absolute atomic E-state index is 14.4. The Labute approximate surface area is 167 Å². The zero-order valence-corrected chi connectivity index (χ0v) is 16.3. The minimum atomic E-state index is -4.97. The van der Waals surface area contributed by atoms with Crippen LogP contribution in [0.4, 0.5) is 17.6 Å². The fraction of sp³-hybridized carbons (Fsp3) is 0.667. The van der Waals surface area contributed by atoms with Gasteiger partial charge in [0.2, 0.25) is 0 Å². The summed E-state index contributed by atoms with van der Waals surface area (Å²) in [5, 5.41) is 0. The van der Waals surface area contributed by atoms with E-state index in [1.54, 1.807) is 12.1 Å². The van der Waals surface area contributed by atoms with E-state index in [4.69, 9.17) is 9.47 Å². The molecule has 2 fully saturated rings. The minimum absolute atomic E-state index is 0.0218. The molecular weight excluding hydrogens is 392 g/mol. The summed E-state index contributed by atoms with van der Waals surface area (Å²) in [6.45, 7) is 2.71. The first-order valence-corrected chi connectivity index (χ1v) is 10.1. The number of benzene rings is 1. The lowest BCUT2D eigenvalue weighted by Gasteiger charge is -2.37. The van der Waals surface area contributed by atoms with E-state index < -0.39 is 24.5 Å². The number of esters is 1. The first kappa shape index (κ1) is 22.0. The summed E-state index contributed by atoms with van der Waals surface area (Å²) in [4.78, 5) is 10.9. The van der Waals surface area contributed by atoms with Crippen LogP contribution in [-0.2, 0) is 25.4 Å². The van der Waals surface area contributed by atoms with Crippen LogP contribution in [0.25, 0.3) is 0 Å². The third-order valence-corrected chi connectivity index (χ3v) is 5.58. The number of aryl methyl sites for hydroxylation is 1. The predicted molar refractivity (Wildman–Crippen MR) is 96.7 cm³/mol. The first-order valence-electron chi connectivity index (χ1n) is 10.1. The van der Waals surface area contributed by atoms with Gasteiger partial charge in [-0.25, -0.2) is 9.18 Å². The zero-order valence-electron chi connectivity index (χ0n) is 16.3. The van der Waals surface area contributed by atoms with Gasteiger partial charge in [-0.05, 0) is 49.3 Å². The van der Waals surface area contributed by atoms with Gasteiger partial charge in [-0.2, -0.15) is 13.2 Å². The van der Waals surface area contributed by atoms with E-state index in [0.29, 0.717) is 44.5 Å². The van der Waals surface area contributed by atoms with E-state index in [9.17, 15) is 22.4 Å². The van der Waals surface area contributed by atoms with Crippen LogP contribution < -0.4 is 0 Å². The minimum Gasteiger partial charge on any atom is -0.456 e. The molecule has 4 nitrogen and oxygen atoms in total. The molecule has 0 N–H and O–H groups in total. The SMILES string of the molecule is CCCc1ccc(C2COC(C3CCC(OC(=O)C(F)(F)F)CC3)OC2)c(F)c1. The van der Waals surface area contributed by atoms with Crippen LogP contribution in [0.3, 0.4) is 0 Å². The Hall–Kier alpha value is -1.67. The molecule has 1 saturated heterocycles. The molecule has 1 aliphatic heterocycles. The molecule has 3 rings (SSSR count). The number of halogens is 4. The normalized spacial score (nSPS) is 28.2. The third-order valence-electron chi connectivity index (χ3n) is 5.58. The van der Waals surface area contributed by atoms with Crippen LogP contribution in [0.2, 0.25) is 0 Å². The highest BCUT2D eigenvalue weighted by Crippen LogP contribution is 2.35. The second-order valence-corrected chi connectivity index (χ2v) is 7.78. The molecule has 0 amide bonds. The van der Waals surface area contributed by atoms with Gasteiger partial charge in [-0.3, -0.25) is 0 Å². The number of hydrogen-bond acceptors (Lipinski definition) is 4. The molecular formula is C21H26F4O4. The molecule has 0 atom stereocenters. The standard InChI is InChI=1S/C21H26F4O4/c1-2-3-13-4-9-17(18(22)10-13)15-11-27-19(28-12-15)14-5-7-16(8-6-14)29-20(26)21(23,24)25/h4,9-10,14-16,19H,2-3,5-8,11-12H2,1H3. The largest absolute Gasteiger partial charge is 0.490 e. The molecule has 1 saturated carbocycles. The van der Waals surface area contributed by atoms with Gasteiger partial charge in [0, 0.05) is 11.8 Å². The van der Waals surface area contributed by atoms with Gasteiger partial charge in [-0.1, -0.05) is 25.5 Å². The van der Waals surface area contributed by atoms with E-state index in [2.05, 4.69) is 4.74 Å². The Bertz CT molecular complexity index is 690. The topological polar surface area (TPSA) is 44.8 Å². The van der Waals surface area contributed by atoms with Crippen molar-refractivity contribution >= 4 is 5.97 Å². The summed E-state index contributed by atoms with van der Waals surface area (Å²) in [6.07, 6.45) is -2.60. The summed E-state index contributed by atoms with van der Waals surface area (Å²) in [5.41, 5.74) is 1.54. The maximum atomic E-state index is 14.4. The maximum Gasteiger partial charge on any atom is 0.490 e. The van der Waals surface area contributed by atoms with Crippen LogP contribution in [0.15, 0.2) is 18.2 Å². The van der Waals surface area contributed by atoms with Gasteiger partial charge in [0.05, 0.1) is 13.2 Å². The molecule has 2 aliphatic rings. The van der Waals surface area contributed by atoms with Crippen molar-refractivity contribution in [2.75, 3.05) is 13.2 Å². The third kappa shape index (κ3) is 5.69. The van der Waals surface area contributed by atoms with Crippen LogP contribution in [0, 0.1) is 11.7 Å². The highest BCUT2D eigenvalue weighted by molar-refractivity contribution is 5.75. The van der Waals surface area contributed by atoms with E-state index >= 15 is 0 Å². The molecule has 0 aromatic heterocycles. The molecule has 1 heterocycles. The second-order valence-electron chi connectivity index (χ2n) is 7.78. The summed E-state index contributed by atoms with van der Waals surface area (Å²) >= 11 is 0. The Morgan fingerprint density at radius 1 is 1.14 bits per heavy atom. The average Bonchev–Trinajstić information content (AvgIpc) is 2.68. The van der Waals surface area contributed by atoms with Crippen LogP contribution in [0.5, 0.6) is 0 Å². The first-order chi connectivity index (χ1) is 13.8. The van der Waals surface area contributed by atoms with E-state index in [1.165, 1.54) is 0 Å². The molecule has 0 radical (unpaired) electrons. The molecule has 0 bridgehead atoms. The van der Waals surface area contributed by atoms with Gasteiger partial charge >= 0.3 is 12.1 Å². The summed E-state index contributed by atoms with van der Waals surface area (Å²) in [7, 11) is 0. The highest BCUT2D eigenvalue weighted by atomic mass is 19.4. The van der Waals surface area contributed by atoms with E-state index in [0.717, 1.165) is 18.4 Å². The number of carbonyl (C=O) groups is 1. The lowest BCUT2D eigenvalue weighted by molar-refractivity contribution is -0.223. The van der Waals surface area contributed by atoms with Gasteiger partial charge in [0.15, 0.2) is 6.29 Å². The van der Waals surface area contributed by atoms with Crippen molar-refractivity contribution in [1.82, 2.24) is 0 Å². The molecule has 29 heavy (non-hydrogen) atoms. The molecule has 1 aromatic rings. The van der Waals surface area contributed by atoms with Crippen molar-refractivity contribution in [3.8, 4) is 0 Å². The quantitative estimate of drug-likeness (QED) is 0.504. The molecule has 0 spiro atoms. The van der Waals surface area contributed by atoms with Crippen molar-refractivity contribution in [3.63, 3.8) is 0 Å². The van der Waals surface area contributed by atoms with Crippen molar-refractivity contribution in [2.45, 2.75) is 69.9 Å². The lowest BCUT2D eigenvalue weighted by Crippen LogP contribution is -2.39. The van der Waals surface area contributed by atoms with Gasteiger partial charge in [-0.15, -0.1) is 0 Å². The molecule has 8 heteroatoms. The van der Waals surface area contributed by atoms with Crippen molar-refractivity contribution in [3.05, 3.63) is 35.1 Å². The number of hydrogen-bond donors (Lipinski definition) is 0. The second kappa shape index (κ2) is 9.43.